The molecule has 0 aliphatic heterocycles. The summed E-state index contributed by atoms with van der Waals surface area (Å²) in [5.74, 6) is 0. The number of ether oxygens (including phenoxy) is 1. The van der Waals surface area contributed by atoms with Crippen LogP contribution < -0.4 is 0 Å². The molecular weight excluding hydrogens is 328 g/mol. The van der Waals surface area contributed by atoms with Gasteiger partial charge in [0.25, 0.3) is 0 Å². The Morgan fingerprint density at radius 1 is 0.630 bits per heavy atom. The zero-order valence-electron chi connectivity index (χ0n) is 15.8. The highest BCUT2D eigenvalue weighted by atomic mass is 16.5. The molecule has 0 spiro atoms. The van der Waals surface area contributed by atoms with Crippen LogP contribution in [0.4, 0.5) is 0 Å². The van der Waals surface area contributed by atoms with Crippen molar-refractivity contribution in [2.24, 2.45) is 0 Å². The smallest absolute Gasteiger partial charge is 0.144 e. The van der Waals surface area contributed by atoms with Gasteiger partial charge in [0.05, 0.1) is 6.61 Å². The number of hydrogen-bond donors (Lipinski definition) is 0. The number of benzene rings is 3. The monoisotopic (exact) mass is 354 g/mol. The molecule has 0 heterocycles. The van der Waals surface area contributed by atoms with Crippen LogP contribution in [0.2, 0.25) is 0 Å². The Balaban J connectivity index is 2.08. The van der Waals surface area contributed by atoms with Gasteiger partial charge in [0, 0.05) is 0 Å². The van der Waals surface area contributed by atoms with Crippen LogP contribution in [0.15, 0.2) is 115 Å². The molecule has 0 saturated heterocycles. The highest BCUT2D eigenvalue weighted by molar-refractivity contribution is 5.47. The SMILES string of the molecule is CC/C=C\C=C\COC(c1ccccc1)(c1ccccc1)c1ccccc1. The molecule has 0 amide bonds. The fourth-order valence-electron chi connectivity index (χ4n) is 3.29. The first-order chi connectivity index (χ1) is 13.4. The molecule has 0 aliphatic carbocycles. The Bertz CT molecular complexity index is 752. The number of rotatable bonds is 8. The van der Waals surface area contributed by atoms with Crippen LogP contribution in [-0.4, -0.2) is 6.61 Å². The van der Waals surface area contributed by atoms with Crippen molar-refractivity contribution < 1.29 is 4.74 Å². The molecular formula is C26H26O. The van der Waals surface area contributed by atoms with Gasteiger partial charge >= 0.3 is 0 Å². The summed E-state index contributed by atoms with van der Waals surface area (Å²) in [5, 5.41) is 0. The Kier molecular flexibility index (Phi) is 6.78. The van der Waals surface area contributed by atoms with Gasteiger partial charge in [-0.25, -0.2) is 0 Å². The largest absolute Gasteiger partial charge is 0.357 e. The molecule has 0 radical (unpaired) electrons. The average Bonchev–Trinajstić information content (AvgIpc) is 2.75. The Morgan fingerprint density at radius 2 is 1.04 bits per heavy atom. The van der Waals surface area contributed by atoms with Gasteiger partial charge in [-0.1, -0.05) is 122 Å². The minimum atomic E-state index is -0.650. The minimum Gasteiger partial charge on any atom is -0.357 e. The van der Waals surface area contributed by atoms with Crippen LogP contribution in [0.5, 0.6) is 0 Å². The van der Waals surface area contributed by atoms with E-state index in [9.17, 15) is 0 Å². The highest BCUT2D eigenvalue weighted by Crippen LogP contribution is 2.40. The second-order valence-corrected chi connectivity index (χ2v) is 6.35. The third kappa shape index (κ3) is 4.45. The van der Waals surface area contributed by atoms with E-state index in [-0.39, 0.29) is 0 Å². The van der Waals surface area contributed by atoms with Crippen molar-refractivity contribution in [1.82, 2.24) is 0 Å². The zero-order chi connectivity index (χ0) is 18.8. The first-order valence-corrected chi connectivity index (χ1v) is 9.50. The number of hydrogen-bond acceptors (Lipinski definition) is 1. The lowest BCUT2D eigenvalue weighted by Gasteiger charge is -2.35. The minimum absolute atomic E-state index is 0.521. The molecule has 0 aliphatic rings. The summed E-state index contributed by atoms with van der Waals surface area (Å²) < 4.78 is 6.65. The maximum absolute atomic E-state index is 6.65. The van der Waals surface area contributed by atoms with Crippen molar-refractivity contribution >= 4 is 0 Å². The molecule has 0 aromatic heterocycles. The summed E-state index contributed by atoms with van der Waals surface area (Å²) in [4.78, 5) is 0. The Morgan fingerprint density at radius 3 is 1.44 bits per heavy atom. The van der Waals surface area contributed by atoms with Gasteiger partial charge in [-0.05, 0) is 23.1 Å². The van der Waals surface area contributed by atoms with Crippen molar-refractivity contribution in [3.8, 4) is 0 Å². The van der Waals surface area contributed by atoms with E-state index >= 15 is 0 Å². The fraction of sp³-hybridized carbons (Fsp3) is 0.154. The molecule has 3 aromatic carbocycles. The van der Waals surface area contributed by atoms with Crippen LogP contribution in [0.1, 0.15) is 30.0 Å². The molecule has 0 N–H and O–H groups in total. The van der Waals surface area contributed by atoms with Crippen molar-refractivity contribution in [1.29, 1.82) is 0 Å². The van der Waals surface area contributed by atoms with Crippen molar-refractivity contribution in [3.63, 3.8) is 0 Å². The maximum Gasteiger partial charge on any atom is 0.144 e. The van der Waals surface area contributed by atoms with E-state index in [4.69, 9.17) is 4.74 Å². The summed E-state index contributed by atoms with van der Waals surface area (Å²) in [6.07, 6.45) is 9.35. The summed E-state index contributed by atoms with van der Waals surface area (Å²) in [5.41, 5.74) is 2.72. The Labute approximate surface area is 162 Å². The molecule has 0 fully saturated rings. The second kappa shape index (κ2) is 9.70. The fourth-order valence-corrected chi connectivity index (χ4v) is 3.29. The zero-order valence-corrected chi connectivity index (χ0v) is 15.8. The molecule has 0 unspecified atom stereocenters. The molecule has 0 bridgehead atoms. The third-order valence-corrected chi connectivity index (χ3v) is 4.56. The van der Waals surface area contributed by atoms with Gasteiger partial charge in [0.1, 0.15) is 5.60 Å². The molecule has 1 nitrogen and oxygen atoms in total. The van der Waals surface area contributed by atoms with Gasteiger partial charge in [0.15, 0.2) is 0 Å². The van der Waals surface area contributed by atoms with Crippen LogP contribution in [-0.2, 0) is 10.3 Å². The van der Waals surface area contributed by atoms with Gasteiger partial charge < -0.3 is 4.74 Å². The van der Waals surface area contributed by atoms with Crippen LogP contribution >= 0.6 is 0 Å². The lowest BCUT2D eigenvalue weighted by atomic mass is 9.80. The summed E-state index contributed by atoms with van der Waals surface area (Å²) >= 11 is 0. The summed E-state index contributed by atoms with van der Waals surface area (Å²) in [7, 11) is 0. The van der Waals surface area contributed by atoms with E-state index in [1.807, 2.05) is 18.2 Å². The second-order valence-electron chi connectivity index (χ2n) is 6.35. The predicted octanol–water partition coefficient (Wildman–Crippen LogP) is 6.52. The molecule has 3 rings (SSSR count). The van der Waals surface area contributed by atoms with Gasteiger partial charge in [-0.2, -0.15) is 0 Å². The van der Waals surface area contributed by atoms with Gasteiger partial charge in [-0.15, -0.1) is 0 Å². The molecule has 3 aromatic rings. The lowest BCUT2D eigenvalue weighted by Crippen LogP contribution is -2.33. The van der Waals surface area contributed by atoms with Crippen LogP contribution in [0.25, 0.3) is 0 Å². The third-order valence-electron chi connectivity index (χ3n) is 4.56. The van der Waals surface area contributed by atoms with E-state index < -0.39 is 5.60 Å². The molecule has 0 atom stereocenters. The molecule has 136 valence electrons. The first-order valence-electron chi connectivity index (χ1n) is 9.50. The summed E-state index contributed by atoms with van der Waals surface area (Å²) in [6, 6.07) is 31.4. The average molecular weight is 354 g/mol. The van der Waals surface area contributed by atoms with E-state index in [0.29, 0.717) is 6.61 Å². The molecule has 1 heteroatoms. The van der Waals surface area contributed by atoms with E-state index in [1.54, 1.807) is 0 Å². The van der Waals surface area contributed by atoms with Gasteiger partial charge in [0.2, 0.25) is 0 Å². The standard InChI is InChI=1S/C26H26O/c1-2-3-4-5-15-22-27-26(23-16-9-6-10-17-23,24-18-11-7-12-19-24)25-20-13-8-14-21-25/h3-21H,2,22H2,1H3/b4-3-,15-5+. The van der Waals surface area contributed by atoms with E-state index in [1.165, 1.54) is 0 Å². The van der Waals surface area contributed by atoms with Crippen molar-refractivity contribution in [3.05, 3.63) is 132 Å². The van der Waals surface area contributed by atoms with Gasteiger partial charge in [-0.3, -0.25) is 0 Å². The lowest BCUT2D eigenvalue weighted by molar-refractivity contribution is 0.0320. The molecule has 0 saturated carbocycles. The number of allylic oxidation sites excluding steroid dienone is 3. The molecule has 27 heavy (non-hydrogen) atoms. The first kappa shape index (κ1) is 18.9. The quantitative estimate of drug-likeness (QED) is 0.331. The van der Waals surface area contributed by atoms with Crippen LogP contribution in [0, 0.1) is 0 Å². The topological polar surface area (TPSA) is 9.23 Å². The van der Waals surface area contributed by atoms with E-state index in [0.717, 1.165) is 23.1 Å². The maximum atomic E-state index is 6.65. The normalized spacial score (nSPS) is 12.0. The highest BCUT2D eigenvalue weighted by Gasteiger charge is 2.37. The van der Waals surface area contributed by atoms with Crippen molar-refractivity contribution in [2.75, 3.05) is 6.61 Å². The summed E-state index contributed by atoms with van der Waals surface area (Å²) in [6.45, 7) is 2.65. The van der Waals surface area contributed by atoms with E-state index in [2.05, 4.69) is 104 Å². The van der Waals surface area contributed by atoms with Crippen LogP contribution in [0.3, 0.4) is 0 Å². The van der Waals surface area contributed by atoms with Crippen molar-refractivity contribution in [2.45, 2.75) is 18.9 Å². The Hall–Kier alpha value is -2.90. The predicted molar refractivity (Wildman–Crippen MR) is 114 cm³/mol.